The number of benzene rings is 1. The zero-order chi connectivity index (χ0) is 21.0. The highest BCUT2D eigenvalue weighted by Crippen LogP contribution is 2.20. The van der Waals surface area contributed by atoms with Crippen molar-refractivity contribution in [3.8, 4) is 5.69 Å². The number of guanidine groups is 1. The molecular weight excluding hydrogens is 515 g/mol. The van der Waals surface area contributed by atoms with Gasteiger partial charge in [-0.3, -0.25) is 4.99 Å². The Bertz CT molecular complexity index is 989. The summed E-state index contributed by atoms with van der Waals surface area (Å²) in [7, 11) is -1.46. The molecule has 10 heteroatoms. The molecule has 0 spiro atoms. The van der Waals surface area contributed by atoms with Gasteiger partial charge < -0.3 is 10.6 Å². The monoisotopic (exact) mass is 546 g/mol. The summed E-state index contributed by atoms with van der Waals surface area (Å²) < 4.78 is 27.4. The summed E-state index contributed by atoms with van der Waals surface area (Å²) in [6.07, 6.45) is 3.02. The van der Waals surface area contributed by atoms with E-state index >= 15 is 0 Å². The van der Waals surface area contributed by atoms with Gasteiger partial charge in [-0.05, 0) is 44.4 Å². The molecule has 8 nitrogen and oxygen atoms in total. The number of sulfonamides is 1. The summed E-state index contributed by atoms with van der Waals surface area (Å²) in [5.41, 5.74) is 4.19. The number of nitrogens with zero attached hydrogens (tertiary/aromatic N) is 4. The van der Waals surface area contributed by atoms with Crippen LogP contribution in [0.15, 0.2) is 35.3 Å². The average molecular weight is 546 g/mol. The molecule has 2 heterocycles. The number of para-hydroxylation sites is 1. The van der Waals surface area contributed by atoms with E-state index < -0.39 is 10.0 Å². The number of halogens is 1. The second-order valence-corrected chi connectivity index (χ2v) is 9.38. The fourth-order valence-electron chi connectivity index (χ4n) is 3.80. The molecule has 166 valence electrons. The fourth-order valence-corrected chi connectivity index (χ4v) is 4.99. The molecule has 1 aliphatic heterocycles. The Balaban J connectivity index is 0.00000320. The molecule has 2 N–H and O–H groups in total. The molecule has 0 unspecified atom stereocenters. The lowest BCUT2D eigenvalue weighted by Gasteiger charge is -2.23. The van der Waals surface area contributed by atoms with Crippen LogP contribution in [0.25, 0.3) is 5.69 Å². The molecule has 2 aromatic rings. The lowest BCUT2D eigenvalue weighted by atomic mass is 10.1. The summed E-state index contributed by atoms with van der Waals surface area (Å²) in [5.74, 6) is 0.647. The number of hydrogen-bond donors (Lipinski definition) is 2. The topological polar surface area (TPSA) is 91.6 Å². The molecule has 0 bridgehead atoms. The van der Waals surface area contributed by atoms with Crippen molar-refractivity contribution in [2.24, 2.45) is 4.99 Å². The predicted octanol–water partition coefficient (Wildman–Crippen LogP) is 2.20. The molecule has 0 aliphatic carbocycles. The maximum atomic E-state index is 11.9. The van der Waals surface area contributed by atoms with E-state index in [-0.39, 0.29) is 30.0 Å². The van der Waals surface area contributed by atoms with Crippen LogP contribution in [0.2, 0.25) is 0 Å². The molecule has 1 aromatic carbocycles. The fraction of sp³-hybridized carbons (Fsp3) is 0.500. The van der Waals surface area contributed by atoms with Crippen molar-refractivity contribution in [3.63, 3.8) is 0 Å². The minimum absolute atomic E-state index is 0. The first-order valence-corrected chi connectivity index (χ1v) is 11.7. The van der Waals surface area contributed by atoms with E-state index in [1.54, 1.807) is 11.4 Å². The number of aliphatic imine (C=N–C) groups is 1. The second-order valence-electron chi connectivity index (χ2n) is 7.44. The summed E-state index contributed by atoms with van der Waals surface area (Å²) in [6.45, 7) is 5.73. The van der Waals surface area contributed by atoms with E-state index in [0.717, 1.165) is 35.5 Å². The van der Waals surface area contributed by atoms with Crippen LogP contribution in [-0.2, 0) is 16.6 Å². The lowest BCUT2D eigenvalue weighted by Crippen LogP contribution is -2.46. The molecule has 30 heavy (non-hydrogen) atoms. The van der Waals surface area contributed by atoms with Crippen LogP contribution in [0.3, 0.4) is 0 Å². The van der Waals surface area contributed by atoms with Gasteiger partial charge in [-0.1, -0.05) is 18.2 Å². The zero-order valence-electron chi connectivity index (χ0n) is 17.9. The van der Waals surface area contributed by atoms with E-state index in [1.165, 1.54) is 6.26 Å². The van der Waals surface area contributed by atoms with Gasteiger partial charge >= 0.3 is 0 Å². The smallest absolute Gasteiger partial charge is 0.211 e. The van der Waals surface area contributed by atoms with Crippen molar-refractivity contribution < 1.29 is 8.42 Å². The van der Waals surface area contributed by atoms with Crippen LogP contribution >= 0.6 is 24.0 Å². The molecule has 3 rings (SSSR count). The predicted molar refractivity (Wildman–Crippen MR) is 131 cm³/mol. The van der Waals surface area contributed by atoms with Gasteiger partial charge in [0.1, 0.15) is 0 Å². The first kappa shape index (κ1) is 24.6. The first-order chi connectivity index (χ1) is 13.8. The van der Waals surface area contributed by atoms with Gasteiger partial charge in [-0.25, -0.2) is 13.1 Å². The maximum Gasteiger partial charge on any atom is 0.211 e. The van der Waals surface area contributed by atoms with Crippen LogP contribution in [-0.4, -0.2) is 60.9 Å². The number of rotatable bonds is 6. The molecule has 1 aromatic heterocycles. The zero-order valence-corrected chi connectivity index (χ0v) is 21.1. The summed E-state index contributed by atoms with van der Waals surface area (Å²) in [4.78, 5) is 4.28. The molecular formula is C20H31IN6O2S. The van der Waals surface area contributed by atoms with Crippen LogP contribution in [0.4, 0.5) is 0 Å². The van der Waals surface area contributed by atoms with Crippen molar-refractivity contribution in [2.75, 3.05) is 26.4 Å². The lowest BCUT2D eigenvalue weighted by molar-refractivity contribution is 0.387. The van der Waals surface area contributed by atoms with Gasteiger partial charge in [0, 0.05) is 38.4 Å². The highest BCUT2D eigenvalue weighted by atomic mass is 127. The van der Waals surface area contributed by atoms with Gasteiger partial charge in [0.15, 0.2) is 5.96 Å². The maximum absolute atomic E-state index is 11.9. The van der Waals surface area contributed by atoms with Crippen LogP contribution < -0.4 is 10.6 Å². The van der Waals surface area contributed by atoms with Gasteiger partial charge in [-0.2, -0.15) is 9.40 Å². The summed E-state index contributed by atoms with van der Waals surface area (Å²) >= 11 is 0. The van der Waals surface area contributed by atoms with Gasteiger partial charge in [-0.15, -0.1) is 24.0 Å². The minimum atomic E-state index is -3.18. The Morgan fingerprint density at radius 3 is 2.63 bits per heavy atom. The molecule has 0 saturated carbocycles. The van der Waals surface area contributed by atoms with E-state index in [4.69, 9.17) is 0 Å². The van der Waals surface area contributed by atoms with E-state index in [2.05, 4.69) is 38.9 Å². The molecule has 0 radical (unpaired) electrons. The standard InChI is InChI=1S/C20H30N6O2S.HI/c1-15-12-16(2)26(24-15)19-10-6-5-8-17(19)13-22-20(21-3)23-14-18-9-7-11-25(18)29(4,27)28;/h5-6,8,10,12,18H,7,9,11,13-14H2,1-4H3,(H2,21,22,23);1H/t18-;/m1./s1. The average Bonchev–Trinajstić information content (AvgIpc) is 3.28. The molecule has 1 aliphatic rings. The third kappa shape index (κ3) is 5.94. The van der Waals surface area contributed by atoms with Crippen molar-refractivity contribution >= 4 is 40.0 Å². The molecule has 1 atom stereocenters. The Hall–Kier alpha value is -1.66. The van der Waals surface area contributed by atoms with Gasteiger partial charge in [0.2, 0.25) is 10.0 Å². The highest BCUT2D eigenvalue weighted by Gasteiger charge is 2.31. The third-order valence-electron chi connectivity index (χ3n) is 5.15. The molecule has 0 amide bonds. The number of nitrogens with one attached hydrogen (secondary N) is 2. The number of aryl methyl sites for hydroxylation is 2. The molecule has 1 saturated heterocycles. The van der Waals surface area contributed by atoms with Gasteiger partial charge in [0.25, 0.3) is 0 Å². The van der Waals surface area contributed by atoms with Crippen molar-refractivity contribution in [3.05, 3.63) is 47.3 Å². The van der Waals surface area contributed by atoms with Crippen molar-refractivity contribution in [1.82, 2.24) is 24.7 Å². The van der Waals surface area contributed by atoms with E-state index in [9.17, 15) is 8.42 Å². The highest BCUT2D eigenvalue weighted by molar-refractivity contribution is 14.0. The summed E-state index contributed by atoms with van der Waals surface area (Å²) in [5, 5.41) is 11.2. The van der Waals surface area contributed by atoms with E-state index in [1.807, 2.05) is 30.7 Å². The van der Waals surface area contributed by atoms with Gasteiger partial charge in [0.05, 0.1) is 17.6 Å². The normalized spacial score (nSPS) is 17.6. The second kappa shape index (κ2) is 10.6. The minimum Gasteiger partial charge on any atom is -0.355 e. The number of aromatic nitrogens is 2. The Morgan fingerprint density at radius 2 is 2.00 bits per heavy atom. The Labute approximate surface area is 196 Å². The van der Waals surface area contributed by atoms with E-state index in [0.29, 0.717) is 25.6 Å². The largest absolute Gasteiger partial charge is 0.355 e. The first-order valence-electron chi connectivity index (χ1n) is 9.82. The quantitative estimate of drug-likeness (QED) is 0.330. The van der Waals surface area contributed by atoms with Crippen molar-refractivity contribution in [2.45, 2.75) is 39.3 Å². The Kier molecular flexibility index (Phi) is 8.68. The number of hydrogen-bond acceptors (Lipinski definition) is 4. The SMILES string of the molecule is CN=C(NCc1ccccc1-n1nc(C)cc1C)NC[C@H]1CCCN1S(C)(=O)=O.I. The Morgan fingerprint density at radius 1 is 1.27 bits per heavy atom. The van der Waals surface area contributed by atoms with Crippen LogP contribution in [0.5, 0.6) is 0 Å². The molecule has 1 fully saturated rings. The van der Waals surface area contributed by atoms with Crippen molar-refractivity contribution in [1.29, 1.82) is 0 Å². The summed E-state index contributed by atoms with van der Waals surface area (Å²) in [6, 6.07) is 10.1. The van der Waals surface area contributed by atoms with Crippen LogP contribution in [0, 0.1) is 13.8 Å². The van der Waals surface area contributed by atoms with Crippen LogP contribution in [0.1, 0.15) is 29.8 Å². The third-order valence-corrected chi connectivity index (χ3v) is 6.49.